The number of para-hydroxylation sites is 1. The molecule has 1 saturated heterocycles. The summed E-state index contributed by atoms with van der Waals surface area (Å²) in [6, 6.07) is 10.2. The van der Waals surface area contributed by atoms with Crippen molar-refractivity contribution in [3.8, 4) is 0 Å². The number of benzene rings is 1. The summed E-state index contributed by atoms with van der Waals surface area (Å²) in [6.07, 6.45) is 6.07. The van der Waals surface area contributed by atoms with Crippen molar-refractivity contribution in [2.24, 2.45) is 12.0 Å². The third kappa shape index (κ3) is 4.45. The van der Waals surface area contributed by atoms with Crippen molar-refractivity contribution in [1.29, 1.82) is 0 Å². The van der Waals surface area contributed by atoms with Gasteiger partial charge < -0.3 is 14.6 Å². The normalized spacial score (nSPS) is 17.3. The number of hydrogen-bond donors (Lipinski definition) is 1. The Morgan fingerprint density at radius 1 is 1.37 bits per heavy atom. The number of nitrogens with one attached hydrogen (secondary N) is 1. The maximum Gasteiger partial charge on any atom is 0.193 e. The largest absolute Gasteiger partial charge is 0.461 e. The van der Waals surface area contributed by atoms with Crippen LogP contribution in [0.3, 0.4) is 0 Å². The average Bonchev–Trinajstić information content (AvgIpc) is 3.37. The van der Waals surface area contributed by atoms with Gasteiger partial charge in [0, 0.05) is 57.7 Å². The minimum absolute atomic E-state index is 0. The van der Waals surface area contributed by atoms with Crippen LogP contribution in [-0.2, 0) is 13.5 Å². The zero-order valence-electron chi connectivity index (χ0n) is 15.8. The van der Waals surface area contributed by atoms with E-state index in [-0.39, 0.29) is 24.0 Å². The van der Waals surface area contributed by atoms with Crippen LogP contribution in [0.2, 0.25) is 0 Å². The van der Waals surface area contributed by atoms with Crippen molar-refractivity contribution in [3.05, 3.63) is 54.0 Å². The molecule has 3 heterocycles. The summed E-state index contributed by atoms with van der Waals surface area (Å²) in [7, 11) is 3.82. The molecular formula is C20H26IN5O. The number of hydrogen-bond acceptors (Lipinski definition) is 3. The number of aromatic nitrogens is 2. The van der Waals surface area contributed by atoms with Gasteiger partial charge in [0.1, 0.15) is 11.3 Å². The molecule has 27 heavy (non-hydrogen) atoms. The number of likely N-dealkylation sites (tertiary alicyclic amines) is 1. The van der Waals surface area contributed by atoms with Gasteiger partial charge in [-0.2, -0.15) is 5.10 Å². The van der Waals surface area contributed by atoms with Gasteiger partial charge in [-0.05, 0) is 24.1 Å². The summed E-state index contributed by atoms with van der Waals surface area (Å²) in [6.45, 7) is 2.81. The first-order valence-electron chi connectivity index (χ1n) is 9.14. The molecule has 3 aromatic rings. The molecule has 1 aliphatic rings. The predicted octanol–water partition coefficient (Wildman–Crippen LogP) is 3.39. The molecule has 1 unspecified atom stereocenters. The highest BCUT2D eigenvalue weighted by Crippen LogP contribution is 2.26. The molecule has 2 aromatic heterocycles. The number of furan rings is 1. The molecule has 0 amide bonds. The van der Waals surface area contributed by atoms with Gasteiger partial charge in [0.05, 0.1) is 6.20 Å². The van der Waals surface area contributed by atoms with Crippen molar-refractivity contribution in [1.82, 2.24) is 20.0 Å². The summed E-state index contributed by atoms with van der Waals surface area (Å²) in [4.78, 5) is 6.79. The van der Waals surface area contributed by atoms with Crippen LogP contribution >= 0.6 is 24.0 Å². The van der Waals surface area contributed by atoms with E-state index in [0.29, 0.717) is 5.92 Å². The fraction of sp³-hybridized carbons (Fsp3) is 0.400. The van der Waals surface area contributed by atoms with E-state index in [9.17, 15) is 0 Å². The first-order chi connectivity index (χ1) is 12.7. The third-order valence-corrected chi connectivity index (χ3v) is 5.03. The lowest BCUT2D eigenvalue weighted by molar-refractivity contribution is 0.481. The summed E-state index contributed by atoms with van der Waals surface area (Å²) in [5.74, 6) is 2.49. The van der Waals surface area contributed by atoms with E-state index in [1.54, 1.807) is 0 Å². The van der Waals surface area contributed by atoms with E-state index < -0.39 is 0 Å². The molecule has 0 bridgehead atoms. The second kappa shape index (κ2) is 8.77. The Morgan fingerprint density at radius 2 is 2.22 bits per heavy atom. The molecule has 1 aliphatic heterocycles. The molecule has 144 valence electrons. The van der Waals surface area contributed by atoms with Crippen LogP contribution in [-0.4, -0.2) is 47.3 Å². The number of aryl methyl sites for hydroxylation is 1. The molecule has 0 radical (unpaired) electrons. The van der Waals surface area contributed by atoms with E-state index >= 15 is 0 Å². The van der Waals surface area contributed by atoms with Crippen LogP contribution in [0.15, 0.2) is 52.1 Å². The van der Waals surface area contributed by atoms with Gasteiger partial charge in [-0.1, -0.05) is 18.2 Å². The van der Waals surface area contributed by atoms with E-state index in [1.807, 2.05) is 43.2 Å². The minimum Gasteiger partial charge on any atom is -0.461 e. The monoisotopic (exact) mass is 479 g/mol. The lowest BCUT2D eigenvalue weighted by Crippen LogP contribution is -2.40. The summed E-state index contributed by atoms with van der Waals surface area (Å²) in [5.41, 5.74) is 2.26. The van der Waals surface area contributed by atoms with E-state index in [0.717, 1.165) is 55.2 Å². The van der Waals surface area contributed by atoms with Crippen molar-refractivity contribution >= 4 is 40.9 Å². The Hall–Kier alpha value is -2.03. The Labute approximate surface area is 176 Å². The topological polar surface area (TPSA) is 58.6 Å². The number of nitrogens with zero attached hydrogens (tertiary/aromatic N) is 4. The number of rotatable bonds is 4. The standard InChI is InChI=1S/C20H25N5O.HI/c1-21-20(25-10-8-16(14-25)17-12-23-24(2)13-17)22-9-7-18-11-15-5-3-4-6-19(15)26-18;/h3-6,11-13,16H,7-10,14H2,1-2H3,(H,21,22);1H. The molecule has 0 spiro atoms. The lowest BCUT2D eigenvalue weighted by atomic mass is 10.0. The maximum absolute atomic E-state index is 5.88. The maximum atomic E-state index is 5.88. The smallest absolute Gasteiger partial charge is 0.193 e. The zero-order valence-corrected chi connectivity index (χ0v) is 18.1. The number of halogens is 1. The highest BCUT2D eigenvalue weighted by Gasteiger charge is 2.26. The van der Waals surface area contributed by atoms with Gasteiger partial charge in [0.15, 0.2) is 5.96 Å². The fourth-order valence-electron chi connectivity index (χ4n) is 3.67. The minimum atomic E-state index is 0. The van der Waals surface area contributed by atoms with Gasteiger partial charge in [-0.15, -0.1) is 24.0 Å². The molecule has 6 nitrogen and oxygen atoms in total. The molecule has 0 saturated carbocycles. The highest BCUT2D eigenvalue weighted by molar-refractivity contribution is 14.0. The number of aliphatic imine (C=N–C) groups is 1. The van der Waals surface area contributed by atoms with E-state index in [4.69, 9.17) is 4.42 Å². The summed E-state index contributed by atoms with van der Waals surface area (Å²) < 4.78 is 7.76. The molecule has 0 aliphatic carbocycles. The highest BCUT2D eigenvalue weighted by atomic mass is 127. The van der Waals surface area contributed by atoms with Crippen molar-refractivity contribution in [2.45, 2.75) is 18.8 Å². The molecule has 7 heteroatoms. The second-order valence-electron chi connectivity index (χ2n) is 6.85. The molecular weight excluding hydrogens is 453 g/mol. The molecule has 1 N–H and O–H groups in total. The van der Waals surface area contributed by atoms with Crippen molar-refractivity contribution in [2.75, 3.05) is 26.7 Å². The summed E-state index contributed by atoms with van der Waals surface area (Å²) in [5, 5.41) is 8.93. The van der Waals surface area contributed by atoms with Gasteiger partial charge in [-0.25, -0.2) is 0 Å². The molecule has 1 aromatic carbocycles. The zero-order chi connectivity index (χ0) is 17.9. The first-order valence-corrected chi connectivity index (χ1v) is 9.14. The molecule has 1 atom stereocenters. The lowest BCUT2D eigenvalue weighted by Gasteiger charge is -2.21. The van der Waals surface area contributed by atoms with Crippen LogP contribution in [0.1, 0.15) is 23.7 Å². The molecule has 1 fully saturated rings. The molecule has 4 rings (SSSR count). The third-order valence-electron chi connectivity index (χ3n) is 5.03. The van der Waals surface area contributed by atoms with E-state index in [2.05, 4.69) is 38.6 Å². The number of guanidine groups is 1. The average molecular weight is 479 g/mol. The van der Waals surface area contributed by atoms with Crippen LogP contribution in [0, 0.1) is 0 Å². The quantitative estimate of drug-likeness (QED) is 0.354. The van der Waals surface area contributed by atoms with Crippen LogP contribution in [0.25, 0.3) is 11.0 Å². The Bertz CT molecular complexity index is 883. The van der Waals surface area contributed by atoms with E-state index in [1.165, 1.54) is 5.56 Å². The van der Waals surface area contributed by atoms with Crippen LogP contribution in [0.5, 0.6) is 0 Å². The van der Waals surface area contributed by atoms with Crippen LogP contribution in [0.4, 0.5) is 0 Å². The van der Waals surface area contributed by atoms with Gasteiger partial charge >= 0.3 is 0 Å². The van der Waals surface area contributed by atoms with Gasteiger partial charge in [0.2, 0.25) is 0 Å². The predicted molar refractivity (Wildman–Crippen MR) is 119 cm³/mol. The SMILES string of the molecule is CN=C(NCCc1cc2ccccc2o1)N1CCC(c2cnn(C)c2)C1.I. The van der Waals surface area contributed by atoms with Crippen molar-refractivity contribution < 1.29 is 4.42 Å². The Balaban J connectivity index is 0.00000210. The van der Waals surface area contributed by atoms with Gasteiger partial charge in [-0.3, -0.25) is 9.67 Å². The second-order valence-corrected chi connectivity index (χ2v) is 6.85. The fourth-order valence-corrected chi connectivity index (χ4v) is 3.67. The Kier molecular flexibility index (Phi) is 6.41. The van der Waals surface area contributed by atoms with Gasteiger partial charge in [0.25, 0.3) is 0 Å². The van der Waals surface area contributed by atoms with Crippen molar-refractivity contribution in [3.63, 3.8) is 0 Å². The number of fused-ring (bicyclic) bond motifs is 1. The summed E-state index contributed by atoms with van der Waals surface area (Å²) >= 11 is 0. The first kappa shape index (κ1) is 19.7. The Morgan fingerprint density at radius 3 is 2.96 bits per heavy atom. The van der Waals surface area contributed by atoms with Crippen LogP contribution < -0.4 is 5.32 Å².